The van der Waals surface area contributed by atoms with Crippen molar-refractivity contribution in [2.45, 2.75) is 12.5 Å². The van der Waals surface area contributed by atoms with Crippen molar-refractivity contribution in [1.82, 2.24) is 5.32 Å². The van der Waals surface area contributed by atoms with Crippen LogP contribution in [0.1, 0.15) is 6.42 Å². The van der Waals surface area contributed by atoms with Gasteiger partial charge in [0, 0.05) is 10.2 Å². The summed E-state index contributed by atoms with van der Waals surface area (Å²) in [4.78, 5) is 22.9. The molecule has 0 heterocycles. The van der Waals surface area contributed by atoms with E-state index in [0.717, 1.165) is 10.2 Å². The molecule has 0 aromatic heterocycles. The number of nitrogens with two attached hydrogens (primary N) is 1. The molecule has 0 radical (unpaired) electrons. The number of primary amides is 1. The van der Waals surface area contributed by atoms with Crippen LogP contribution in [0.3, 0.4) is 0 Å². The van der Waals surface area contributed by atoms with Gasteiger partial charge in [-0.05, 0) is 42.7 Å². The monoisotopic (exact) mass is 345 g/mol. The minimum Gasteiger partial charge on any atom is -0.368 e. The van der Waals surface area contributed by atoms with Crippen molar-refractivity contribution >= 4 is 45.3 Å². The third kappa shape index (κ3) is 5.98. The lowest BCUT2D eigenvalue weighted by Gasteiger charge is -2.15. The van der Waals surface area contributed by atoms with Crippen LogP contribution in [0.2, 0.25) is 0 Å². The molecule has 1 rings (SSSR count). The van der Waals surface area contributed by atoms with Crippen LogP contribution in [-0.2, 0) is 4.79 Å². The summed E-state index contributed by atoms with van der Waals surface area (Å²) in [6.07, 6.45) is 2.45. The third-order valence-corrected chi connectivity index (χ3v) is 3.53. The van der Waals surface area contributed by atoms with Crippen LogP contribution in [-0.4, -0.2) is 30.0 Å². The van der Waals surface area contributed by atoms with Crippen molar-refractivity contribution in [2.75, 3.05) is 17.3 Å². The Balaban J connectivity index is 2.52. The zero-order valence-electron chi connectivity index (χ0n) is 10.5. The lowest BCUT2D eigenvalue weighted by atomic mass is 10.2. The molecule has 104 valence electrons. The van der Waals surface area contributed by atoms with Crippen LogP contribution in [0.15, 0.2) is 28.7 Å². The molecule has 0 fully saturated rings. The van der Waals surface area contributed by atoms with Gasteiger partial charge in [-0.3, -0.25) is 4.79 Å². The van der Waals surface area contributed by atoms with Crippen LogP contribution >= 0.6 is 27.7 Å². The van der Waals surface area contributed by atoms with E-state index in [1.54, 1.807) is 23.9 Å². The lowest BCUT2D eigenvalue weighted by molar-refractivity contribution is -0.119. The fourth-order valence-electron chi connectivity index (χ4n) is 1.38. The van der Waals surface area contributed by atoms with Crippen molar-refractivity contribution in [3.05, 3.63) is 28.7 Å². The summed E-state index contributed by atoms with van der Waals surface area (Å²) >= 11 is 4.90. The van der Waals surface area contributed by atoms with Crippen LogP contribution < -0.4 is 16.4 Å². The largest absolute Gasteiger partial charge is 0.368 e. The number of amides is 3. The van der Waals surface area contributed by atoms with Crippen molar-refractivity contribution in [1.29, 1.82) is 0 Å². The second kappa shape index (κ2) is 8.06. The van der Waals surface area contributed by atoms with E-state index in [-0.39, 0.29) is 0 Å². The highest BCUT2D eigenvalue weighted by Gasteiger charge is 2.17. The van der Waals surface area contributed by atoms with E-state index in [1.165, 1.54) is 0 Å². The average molecular weight is 346 g/mol. The SMILES string of the molecule is CSCC[C@H](NC(=O)Nc1ccc(Br)cc1)C(N)=O. The summed E-state index contributed by atoms with van der Waals surface area (Å²) in [7, 11) is 0. The van der Waals surface area contributed by atoms with Gasteiger partial charge in [0.1, 0.15) is 6.04 Å². The molecule has 19 heavy (non-hydrogen) atoms. The van der Waals surface area contributed by atoms with Crippen molar-refractivity contribution in [3.63, 3.8) is 0 Å². The number of anilines is 1. The normalized spacial score (nSPS) is 11.7. The Kier molecular flexibility index (Phi) is 6.72. The molecule has 0 unspecified atom stereocenters. The number of hydrogen-bond acceptors (Lipinski definition) is 3. The maximum Gasteiger partial charge on any atom is 0.319 e. The van der Waals surface area contributed by atoms with Gasteiger partial charge < -0.3 is 16.4 Å². The number of thioether (sulfide) groups is 1. The summed E-state index contributed by atoms with van der Waals surface area (Å²) < 4.78 is 0.924. The molecule has 1 aromatic rings. The number of benzene rings is 1. The quantitative estimate of drug-likeness (QED) is 0.738. The Hall–Kier alpha value is -1.21. The Morgan fingerprint density at radius 2 is 2.00 bits per heavy atom. The first kappa shape index (κ1) is 15.8. The summed E-state index contributed by atoms with van der Waals surface area (Å²) in [5.74, 6) is 0.228. The van der Waals surface area contributed by atoms with E-state index in [1.807, 2.05) is 18.4 Å². The van der Waals surface area contributed by atoms with E-state index in [2.05, 4.69) is 26.6 Å². The number of carbonyl (C=O) groups excluding carboxylic acids is 2. The maximum atomic E-state index is 11.7. The molecule has 1 aromatic carbocycles. The zero-order valence-corrected chi connectivity index (χ0v) is 12.9. The smallest absolute Gasteiger partial charge is 0.319 e. The first-order valence-corrected chi connectivity index (χ1v) is 7.83. The predicted molar refractivity (Wildman–Crippen MR) is 82.3 cm³/mol. The molecule has 5 nitrogen and oxygen atoms in total. The summed E-state index contributed by atoms with van der Waals surface area (Å²) in [6, 6.07) is 6.05. The van der Waals surface area contributed by atoms with E-state index < -0.39 is 18.0 Å². The van der Waals surface area contributed by atoms with Crippen LogP contribution in [0.25, 0.3) is 0 Å². The summed E-state index contributed by atoms with van der Waals surface area (Å²) in [5.41, 5.74) is 5.89. The number of nitrogens with one attached hydrogen (secondary N) is 2. The molecule has 0 aliphatic carbocycles. The lowest BCUT2D eigenvalue weighted by Crippen LogP contribution is -2.46. The van der Waals surface area contributed by atoms with Crippen molar-refractivity contribution < 1.29 is 9.59 Å². The van der Waals surface area contributed by atoms with Gasteiger partial charge in [0.15, 0.2) is 0 Å². The first-order valence-electron chi connectivity index (χ1n) is 5.64. The number of rotatable bonds is 6. The van der Waals surface area contributed by atoms with E-state index in [4.69, 9.17) is 5.73 Å². The van der Waals surface area contributed by atoms with Crippen LogP contribution in [0.5, 0.6) is 0 Å². The number of hydrogen-bond donors (Lipinski definition) is 3. The second-order valence-corrected chi connectivity index (χ2v) is 5.74. The van der Waals surface area contributed by atoms with Crippen molar-refractivity contribution in [2.24, 2.45) is 5.73 Å². The van der Waals surface area contributed by atoms with Gasteiger partial charge in [-0.15, -0.1) is 0 Å². The highest BCUT2D eigenvalue weighted by molar-refractivity contribution is 9.10. The molecule has 7 heteroatoms. The van der Waals surface area contributed by atoms with Gasteiger partial charge in [-0.25, -0.2) is 4.79 Å². The Bertz CT molecular complexity index is 439. The van der Waals surface area contributed by atoms with E-state index in [0.29, 0.717) is 12.1 Å². The fourth-order valence-corrected chi connectivity index (χ4v) is 2.12. The van der Waals surface area contributed by atoms with Crippen LogP contribution in [0, 0.1) is 0 Å². The highest BCUT2D eigenvalue weighted by Crippen LogP contribution is 2.14. The fraction of sp³-hybridized carbons (Fsp3) is 0.333. The van der Waals surface area contributed by atoms with Crippen LogP contribution in [0.4, 0.5) is 10.5 Å². The molecular formula is C12H16BrN3O2S. The van der Waals surface area contributed by atoms with E-state index in [9.17, 15) is 9.59 Å². The minimum atomic E-state index is -0.650. The van der Waals surface area contributed by atoms with E-state index >= 15 is 0 Å². The van der Waals surface area contributed by atoms with Gasteiger partial charge >= 0.3 is 6.03 Å². The predicted octanol–water partition coefficient (Wildman–Crippen LogP) is 2.18. The van der Waals surface area contributed by atoms with Gasteiger partial charge in [0.25, 0.3) is 0 Å². The standard InChI is InChI=1S/C12H16BrN3O2S/c1-19-7-6-10(11(14)17)16-12(18)15-9-4-2-8(13)3-5-9/h2-5,10H,6-7H2,1H3,(H2,14,17)(H2,15,16,18)/t10-/m0/s1. The number of carbonyl (C=O) groups is 2. The molecule has 4 N–H and O–H groups in total. The molecule has 0 spiro atoms. The molecule has 1 atom stereocenters. The summed E-state index contributed by atoms with van der Waals surface area (Å²) in [5, 5.41) is 5.21. The molecule has 0 saturated carbocycles. The molecule has 0 aliphatic rings. The topological polar surface area (TPSA) is 84.2 Å². The molecule has 0 saturated heterocycles. The highest BCUT2D eigenvalue weighted by atomic mass is 79.9. The minimum absolute atomic E-state index is 0.438. The first-order chi connectivity index (χ1) is 9.02. The second-order valence-electron chi connectivity index (χ2n) is 3.84. The average Bonchev–Trinajstić information content (AvgIpc) is 2.37. The van der Waals surface area contributed by atoms with Gasteiger partial charge in [-0.1, -0.05) is 15.9 Å². The third-order valence-electron chi connectivity index (χ3n) is 2.36. The Labute approximate surface area is 124 Å². The molecular weight excluding hydrogens is 330 g/mol. The maximum absolute atomic E-state index is 11.7. The molecule has 0 aliphatic heterocycles. The Morgan fingerprint density at radius 3 is 2.53 bits per heavy atom. The number of halogens is 1. The summed E-state index contributed by atoms with van der Waals surface area (Å²) in [6.45, 7) is 0. The van der Waals surface area contributed by atoms with Gasteiger partial charge in [-0.2, -0.15) is 11.8 Å². The van der Waals surface area contributed by atoms with Gasteiger partial charge in [0.05, 0.1) is 0 Å². The Morgan fingerprint density at radius 1 is 1.37 bits per heavy atom. The van der Waals surface area contributed by atoms with Gasteiger partial charge in [0.2, 0.25) is 5.91 Å². The number of urea groups is 1. The zero-order chi connectivity index (χ0) is 14.3. The molecule has 3 amide bonds. The molecule has 0 bridgehead atoms. The van der Waals surface area contributed by atoms with Crippen molar-refractivity contribution in [3.8, 4) is 0 Å².